The summed E-state index contributed by atoms with van der Waals surface area (Å²) in [5, 5.41) is 0. The van der Waals surface area contributed by atoms with E-state index in [-0.39, 0.29) is 0 Å². The molecular weight excluding hydrogens is 152 g/mol. The first-order valence-electron chi connectivity index (χ1n) is 3.60. The zero-order valence-electron chi connectivity index (χ0n) is 6.66. The van der Waals surface area contributed by atoms with Crippen molar-refractivity contribution in [2.24, 2.45) is 5.73 Å². The summed E-state index contributed by atoms with van der Waals surface area (Å²) < 4.78 is 0. The summed E-state index contributed by atoms with van der Waals surface area (Å²) >= 11 is 0. The average Bonchev–Trinajstić information content (AvgIpc) is 2.05. The smallest absolute Gasteiger partial charge is 0.267 e. The number of pyridine rings is 1. The fourth-order valence-electron chi connectivity index (χ4n) is 0.981. The summed E-state index contributed by atoms with van der Waals surface area (Å²) in [6.45, 7) is 3.58. The lowest BCUT2D eigenvalue weighted by molar-refractivity contribution is 0.0995. The van der Waals surface area contributed by atoms with Crippen molar-refractivity contribution >= 4 is 5.91 Å². The van der Waals surface area contributed by atoms with Crippen LogP contribution < -0.4 is 5.73 Å². The Bertz CT molecular complexity index is 307. The Hall–Kier alpha value is -1.64. The van der Waals surface area contributed by atoms with Crippen molar-refractivity contribution in [2.75, 3.05) is 0 Å². The third-order valence-electron chi connectivity index (χ3n) is 1.49. The van der Waals surface area contributed by atoms with E-state index in [2.05, 4.69) is 11.6 Å². The number of hydrogen-bond donors (Lipinski definition) is 1. The van der Waals surface area contributed by atoms with Crippen molar-refractivity contribution in [1.29, 1.82) is 0 Å². The van der Waals surface area contributed by atoms with Gasteiger partial charge in [-0.1, -0.05) is 12.1 Å². The molecule has 0 bridgehead atoms. The number of carbonyl (C=O) groups excluding carboxylic acids is 1. The third-order valence-corrected chi connectivity index (χ3v) is 1.49. The van der Waals surface area contributed by atoms with Crippen LogP contribution in [0.2, 0.25) is 0 Å². The molecule has 1 amide bonds. The molecule has 0 saturated carbocycles. The van der Waals surface area contributed by atoms with Gasteiger partial charge in [0.15, 0.2) is 0 Å². The van der Waals surface area contributed by atoms with Gasteiger partial charge in [-0.2, -0.15) is 0 Å². The Labute approximate surface area is 70.9 Å². The lowest BCUT2D eigenvalue weighted by Crippen LogP contribution is -2.15. The minimum Gasteiger partial charge on any atom is -0.364 e. The van der Waals surface area contributed by atoms with Gasteiger partial charge in [0.1, 0.15) is 5.69 Å². The number of carbonyl (C=O) groups is 1. The van der Waals surface area contributed by atoms with Crippen LogP contribution in [0.5, 0.6) is 0 Å². The van der Waals surface area contributed by atoms with E-state index in [1.807, 2.05) is 6.07 Å². The molecule has 3 heteroatoms. The van der Waals surface area contributed by atoms with Gasteiger partial charge in [0.05, 0.1) is 0 Å². The predicted molar refractivity (Wildman–Crippen MR) is 46.7 cm³/mol. The van der Waals surface area contributed by atoms with E-state index in [4.69, 9.17) is 5.73 Å². The van der Waals surface area contributed by atoms with Crippen LogP contribution in [0, 0.1) is 0 Å². The Morgan fingerprint density at radius 2 is 2.50 bits per heavy atom. The van der Waals surface area contributed by atoms with E-state index in [1.54, 1.807) is 18.3 Å². The van der Waals surface area contributed by atoms with Gasteiger partial charge >= 0.3 is 0 Å². The molecule has 12 heavy (non-hydrogen) atoms. The van der Waals surface area contributed by atoms with E-state index in [0.29, 0.717) is 12.1 Å². The maximum atomic E-state index is 10.8. The highest BCUT2D eigenvalue weighted by atomic mass is 16.1. The SMILES string of the molecule is C=CCc1cccnc1C(N)=O. The lowest BCUT2D eigenvalue weighted by atomic mass is 10.1. The van der Waals surface area contributed by atoms with E-state index in [9.17, 15) is 4.79 Å². The maximum Gasteiger partial charge on any atom is 0.267 e. The summed E-state index contributed by atoms with van der Waals surface area (Å²) in [6, 6.07) is 3.58. The molecule has 0 aromatic carbocycles. The zero-order chi connectivity index (χ0) is 8.97. The molecule has 2 N–H and O–H groups in total. The van der Waals surface area contributed by atoms with Crippen LogP contribution in [0.15, 0.2) is 31.0 Å². The first kappa shape index (κ1) is 8.46. The Balaban J connectivity index is 3.07. The molecule has 0 atom stereocenters. The van der Waals surface area contributed by atoms with E-state index < -0.39 is 5.91 Å². The first-order chi connectivity index (χ1) is 5.75. The molecule has 0 unspecified atom stereocenters. The second-order valence-corrected chi connectivity index (χ2v) is 2.37. The molecule has 1 aromatic heterocycles. The van der Waals surface area contributed by atoms with Crippen LogP contribution in [0.25, 0.3) is 0 Å². The number of rotatable bonds is 3. The molecule has 0 saturated heterocycles. The molecule has 0 aliphatic carbocycles. The minimum atomic E-state index is -0.493. The summed E-state index contributed by atoms with van der Waals surface area (Å²) in [5.41, 5.74) is 6.26. The molecule has 0 fully saturated rings. The number of allylic oxidation sites excluding steroid dienone is 1. The van der Waals surface area contributed by atoms with Gasteiger partial charge in [0.2, 0.25) is 0 Å². The second-order valence-electron chi connectivity index (χ2n) is 2.37. The van der Waals surface area contributed by atoms with Crippen molar-refractivity contribution in [2.45, 2.75) is 6.42 Å². The number of nitrogens with two attached hydrogens (primary N) is 1. The third kappa shape index (κ3) is 1.69. The van der Waals surface area contributed by atoms with Crippen molar-refractivity contribution in [3.63, 3.8) is 0 Å². The highest BCUT2D eigenvalue weighted by Crippen LogP contribution is 2.05. The van der Waals surface area contributed by atoms with Crippen molar-refractivity contribution in [1.82, 2.24) is 4.98 Å². The molecule has 0 aliphatic heterocycles. The van der Waals surface area contributed by atoms with Crippen LogP contribution in [0.4, 0.5) is 0 Å². The molecule has 1 aromatic rings. The molecule has 62 valence electrons. The fraction of sp³-hybridized carbons (Fsp3) is 0.111. The number of nitrogens with zero attached hydrogens (tertiary/aromatic N) is 1. The van der Waals surface area contributed by atoms with E-state index in [1.165, 1.54) is 0 Å². The molecule has 1 heterocycles. The van der Waals surface area contributed by atoms with Crippen LogP contribution in [0.3, 0.4) is 0 Å². The maximum absolute atomic E-state index is 10.8. The van der Waals surface area contributed by atoms with Gasteiger partial charge in [-0.25, -0.2) is 0 Å². The van der Waals surface area contributed by atoms with Crippen molar-refractivity contribution in [3.8, 4) is 0 Å². The number of aromatic nitrogens is 1. The van der Waals surface area contributed by atoms with Gasteiger partial charge in [0.25, 0.3) is 5.91 Å². The van der Waals surface area contributed by atoms with Crippen molar-refractivity contribution < 1.29 is 4.79 Å². The summed E-state index contributed by atoms with van der Waals surface area (Å²) in [5.74, 6) is -0.493. The molecule has 3 nitrogen and oxygen atoms in total. The van der Waals surface area contributed by atoms with Crippen LogP contribution in [-0.4, -0.2) is 10.9 Å². The Morgan fingerprint density at radius 1 is 1.75 bits per heavy atom. The van der Waals surface area contributed by atoms with E-state index in [0.717, 1.165) is 5.56 Å². The van der Waals surface area contributed by atoms with Crippen LogP contribution in [0.1, 0.15) is 16.1 Å². The molecule has 0 spiro atoms. The zero-order valence-corrected chi connectivity index (χ0v) is 6.66. The van der Waals surface area contributed by atoms with Gasteiger partial charge < -0.3 is 5.73 Å². The predicted octanol–water partition coefficient (Wildman–Crippen LogP) is 0.909. The van der Waals surface area contributed by atoms with Gasteiger partial charge in [-0.3, -0.25) is 9.78 Å². The topological polar surface area (TPSA) is 56.0 Å². The van der Waals surface area contributed by atoms with E-state index >= 15 is 0 Å². The normalized spacial score (nSPS) is 9.33. The summed E-state index contributed by atoms with van der Waals surface area (Å²) in [6.07, 6.45) is 3.88. The number of primary amides is 1. The minimum absolute atomic E-state index is 0.331. The van der Waals surface area contributed by atoms with Gasteiger partial charge in [-0.05, 0) is 18.1 Å². The van der Waals surface area contributed by atoms with Crippen molar-refractivity contribution in [3.05, 3.63) is 42.2 Å². The lowest BCUT2D eigenvalue weighted by Gasteiger charge is -2.00. The quantitative estimate of drug-likeness (QED) is 0.671. The Morgan fingerprint density at radius 3 is 3.08 bits per heavy atom. The molecule has 1 rings (SSSR count). The van der Waals surface area contributed by atoms with Crippen LogP contribution >= 0.6 is 0 Å². The second kappa shape index (κ2) is 3.67. The molecule has 0 radical (unpaired) electrons. The summed E-state index contributed by atoms with van der Waals surface area (Å²) in [4.78, 5) is 14.7. The highest BCUT2D eigenvalue weighted by Gasteiger charge is 2.06. The number of amides is 1. The molecular formula is C9H10N2O. The molecule has 0 aliphatic rings. The van der Waals surface area contributed by atoms with Gasteiger partial charge in [-0.15, -0.1) is 6.58 Å². The van der Waals surface area contributed by atoms with Crippen LogP contribution in [-0.2, 0) is 6.42 Å². The first-order valence-corrected chi connectivity index (χ1v) is 3.60. The standard InChI is InChI=1S/C9H10N2O/c1-2-4-7-5-3-6-11-8(7)9(10)12/h2-3,5-6H,1,4H2,(H2,10,12). The number of hydrogen-bond acceptors (Lipinski definition) is 2. The van der Waals surface area contributed by atoms with Gasteiger partial charge in [0, 0.05) is 6.20 Å². The Kier molecular flexibility index (Phi) is 2.58. The fourth-order valence-corrected chi connectivity index (χ4v) is 0.981. The average molecular weight is 162 g/mol. The monoisotopic (exact) mass is 162 g/mol. The highest BCUT2D eigenvalue weighted by molar-refractivity contribution is 5.92. The summed E-state index contributed by atoms with van der Waals surface area (Å²) in [7, 11) is 0. The largest absolute Gasteiger partial charge is 0.364 e.